The second-order valence-electron chi connectivity index (χ2n) is 6.25. The van der Waals surface area contributed by atoms with Gasteiger partial charge in [-0.1, -0.05) is 0 Å². The maximum absolute atomic E-state index is 12.1. The van der Waals surface area contributed by atoms with Crippen molar-refractivity contribution < 1.29 is 8.42 Å². The van der Waals surface area contributed by atoms with Gasteiger partial charge in [0.05, 0.1) is 0 Å². The number of aryl methyl sites for hydroxylation is 1. The molecule has 2 N–H and O–H groups in total. The van der Waals surface area contributed by atoms with Gasteiger partial charge < -0.3 is 10.2 Å². The molecule has 0 spiro atoms. The van der Waals surface area contributed by atoms with E-state index in [1.54, 1.807) is 6.07 Å². The standard InChI is InChI=1S/C17H24N6O2S/c1-14-12-16(23-10-3-2-4-11-23)22-17(21-14)19-8-9-20-26(24,25)15-6-5-7-18-13-15/h5-7,12-13,20H,2-4,8-11H2,1H3,(H,19,21,22). The number of piperidine rings is 1. The molecule has 3 rings (SSSR count). The second kappa shape index (κ2) is 8.41. The van der Waals surface area contributed by atoms with Crippen LogP contribution in [0.5, 0.6) is 0 Å². The fraction of sp³-hybridized carbons (Fsp3) is 0.471. The van der Waals surface area contributed by atoms with Gasteiger partial charge in [-0.2, -0.15) is 4.98 Å². The zero-order valence-corrected chi connectivity index (χ0v) is 15.7. The Morgan fingerprint density at radius 3 is 2.69 bits per heavy atom. The van der Waals surface area contributed by atoms with Crippen molar-refractivity contribution in [1.82, 2.24) is 19.7 Å². The summed E-state index contributed by atoms with van der Waals surface area (Å²) in [6.07, 6.45) is 6.49. The highest BCUT2D eigenvalue weighted by molar-refractivity contribution is 7.89. The summed E-state index contributed by atoms with van der Waals surface area (Å²) in [5.74, 6) is 1.45. The van der Waals surface area contributed by atoms with E-state index in [2.05, 4.69) is 29.9 Å². The minimum atomic E-state index is -3.55. The van der Waals surface area contributed by atoms with Crippen LogP contribution in [0.1, 0.15) is 25.0 Å². The largest absolute Gasteiger partial charge is 0.356 e. The lowest BCUT2D eigenvalue weighted by atomic mass is 10.1. The van der Waals surface area contributed by atoms with Gasteiger partial charge in [0.2, 0.25) is 16.0 Å². The molecule has 0 saturated carbocycles. The first kappa shape index (κ1) is 18.5. The maximum Gasteiger partial charge on any atom is 0.242 e. The maximum atomic E-state index is 12.1. The van der Waals surface area contributed by atoms with Gasteiger partial charge in [-0.15, -0.1) is 0 Å². The Morgan fingerprint density at radius 1 is 1.15 bits per heavy atom. The molecule has 2 aromatic rings. The number of nitrogens with one attached hydrogen (secondary N) is 2. The monoisotopic (exact) mass is 376 g/mol. The Bertz CT molecular complexity index is 822. The predicted molar refractivity (Wildman–Crippen MR) is 101 cm³/mol. The third kappa shape index (κ3) is 4.89. The van der Waals surface area contributed by atoms with Gasteiger partial charge in [-0.3, -0.25) is 4.98 Å². The molecule has 26 heavy (non-hydrogen) atoms. The summed E-state index contributed by atoms with van der Waals surface area (Å²) < 4.78 is 26.8. The molecule has 0 bridgehead atoms. The topological polar surface area (TPSA) is 100 Å². The Kier molecular flexibility index (Phi) is 6.00. The van der Waals surface area contributed by atoms with Gasteiger partial charge in [0.1, 0.15) is 10.7 Å². The zero-order valence-electron chi connectivity index (χ0n) is 14.9. The van der Waals surface area contributed by atoms with Crippen LogP contribution in [-0.4, -0.2) is 49.5 Å². The third-order valence-electron chi connectivity index (χ3n) is 4.17. The van der Waals surface area contributed by atoms with Gasteiger partial charge in [-0.25, -0.2) is 18.1 Å². The summed E-state index contributed by atoms with van der Waals surface area (Å²) in [6.45, 7) is 4.59. The van der Waals surface area contributed by atoms with E-state index in [9.17, 15) is 8.42 Å². The molecule has 3 heterocycles. The van der Waals surface area contributed by atoms with Crippen molar-refractivity contribution in [2.45, 2.75) is 31.1 Å². The number of rotatable bonds is 7. The van der Waals surface area contributed by atoms with Crippen LogP contribution in [0.4, 0.5) is 11.8 Å². The summed E-state index contributed by atoms with van der Waals surface area (Å²) >= 11 is 0. The molecule has 8 nitrogen and oxygen atoms in total. The predicted octanol–water partition coefficient (Wildman–Crippen LogP) is 1.56. The number of pyridine rings is 1. The van der Waals surface area contributed by atoms with Gasteiger partial charge in [0.25, 0.3) is 0 Å². The van der Waals surface area contributed by atoms with E-state index in [1.165, 1.54) is 37.7 Å². The van der Waals surface area contributed by atoms with E-state index >= 15 is 0 Å². The zero-order chi connectivity index (χ0) is 18.4. The van der Waals surface area contributed by atoms with E-state index in [-0.39, 0.29) is 11.4 Å². The summed E-state index contributed by atoms with van der Waals surface area (Å²) in [6, 6.07) is 5.09. The first-order valence-corrected chi connectivity index (χ1v) is 10.3. The minimum absolute atomic E-state index is 0.152. The van der Waals surface area contributed by atoms with Crippen molar-refractivity contribution >= 4 is 21.8 Å². The van der Waals surface area contributed by atoms with Crippen LogP contribution in [0.15, 0.2) is 35.5 Å². The molecule has 140 valence electrons. The first-order valence-electron chi connectivity index (χ1n) is 8.79. The van der Waals surface area contributed by atoms with E-state index in [4.69, 9.17) is 0 Å². The first-order chi connectivity index (χ1) is 12.5. The summed E-state index contributed by atoms with van der Waals surface area (Å²) in [4.78, 5) is 15.2. The Morgan fingerprint density at radius 2 is 1.96 bits per heavy atom. The molecule has 1 fully saturated rings. The van der Waals surface area contributed by atoms with Gasteiger partial charge in [-0.05, 0) is 38.3 Å². The van der Waals surface area contributed by atoms with Crippen LogP contribution in [0, 0.1) is 6.92 Å². The molecular weight excluding hydrogens is 352 g/mol. The van der Waals surface area contributed by atoms with Crippen molar-refractivity contribution in [3.05, 3.63) is 36.3 Å². The van der Waals surface area contributed by atoms with Crippen LogP contribution >= 0.6 is 0 Å². The van der Waals surface area contributed by atoms with Crippen molar-refractivity contribution in [3.8, 4) is 0 Å². The molecule has 2 aromatic heterocycles. The lowest BCUT2D eigenvalue weighted by Gasteiger charge is -2.28. The van der Waals surface area contributed by atoms with Gasteiger partial charge in [0, 0.05) is 50.3 Å². The number of nitrogens with zero attached hydrogens (tertiary/aromatic N) is 4. The molecule has 1 aliphatic heterocycles. The molecule has 0 amide bonds. The van der Waals surface area contributed by atoms with Gasteiger partial charge >= 0.3 is 0 Å². The van der Waals surface area contributed by atoms with Crippen molar-refractivity contribution in [1.29, 1.82) is 0 Å². The number of anilines is 2. The molecule has 1 saturated heterocycles. The second-order valence-corrected chi connectivity index (χ2v) is 8.02. The lowest BCUT2D eigenvalue weighted by molar-refractivity contribution is 0.573. The Hall–Kier alpha value is -2.26. The molecule has 0 atom stereocenters. The van der Waals surface area contributed by atoms with E-state index < -0.39 is 10.0 Å². The number of aromatic nitrogens is 3. The van der Waals surface area contributed by atoms with Crippen LogP contribution in [0.25, 0.3) is 0 Å². The normalized spacial score (nSPS) is 15.0. The highest BCUT2D eigenvalue weighted by atomic mass is 32.2. The van der Waals surface area contributed by atoms with E-state index in [1.807, 2.05) is 13.0 Å². The van der Waals surface area contributed by atoms with Gasteiger partial charge in [0.15, 0.2) is 0 Å². The molecular formula is C17H24N6O2S. The molecule has 0 radical (unpaired) electrons. The molecule has 1 aliphatic rings. The lowest BCUT2D eigenvalue weighted by Crippen LogP contribution is -2.31. The van der Waals surface area contributed by atoms with Crippen LogP contribution < -0.4 is 14.9 Å². The summed E-state index contributed by atoms with van der Waals surface area (Å²) in [5, 5.41) is 3.10. The van der Waals surface area contributed by atoms with Crippen molar-refractivity contribution in [2.75, 3.05) is 36.4 Å². The van der Waals surface area contributed by atoms with E-state index in [0.717, 1.165) is 24.6 Å². The highest BCUT2D eigenvalue weighted by Crippen LogP contribution is 2.19. The molecule has 0 aliphatic carbocycles. The van der Waals surface area contributed by atoms with Crippen LogP contribution in [0.3, 0.4) is 0 Å². The third-order valence-corrected chi connectivity index (χ3v) is 5.61. The number of sulfonamides is 1. The fourth-order valence-corrected chi connectivity index (χ4v) is 3.86. The molecule has 0 unspecified atom stereocenters. The quantitative estimate of drug-likeness (QED) is 0.707. The van der Waals surface area contributed by atoms with Crippen LogP contribution in [0.2, 0.25) is 0 Å². The minimum Gasteiger partial charge on any atom is -0.356 e. The van der Waals surface area contributed by atoms with Crippen LogP contribution in [-0.2, 0) is 10.0 Å². The SMILES string of the molecule is Cc1cc(N2CCCCC2)nc(NCCNS(=O)(=O)c2cccnc2)n1. The average Bonchev–Trinajstić information content (AvgIpc) is 2.66. The number of hydrogen-bond acceptors (Lipinski definition) is 7. The highest BCUT2D eigenvalue weighted by Gasteiger charge is 2.15. The summed E-state index contributed by atoms with van der Waals surface area (Å²) in [5.41, 5.74) is 0.888. The molecule has 0 aromatic carbocycles. The Labute approximate surface area is 154 Å². The van der Waals surface area contributed by atoms with E-state index in [0.29, 0.717) is 12.5 Å². The fourth-order valence-electron chi connectivity index (χ4n) is 2.87. The average molecular weight is 376 g/mol. The van der Waals surface area contributed by atoms with Crippen molar-refractivity contribution in [3.63, 3.8) is 0 Å². The summed E-state index contributed by atoms with van der Waals surface area (Å²) in [7, 11) is -3.55. The molecule has 9 heteroatoms. The smallest absolute Gasteiger partial charge is 0.242 e. The Balaban J connectivity index is 1.55. The van der Waals surface area contributed by atoms with Crippen molar-refractivity contribution in [2.24, 2.45) is 0 Å². The number of hydrogen-bond donors (Lipinski definition) is 2.